The molecule has 7 heterocycles. The average Bonchev–Trinajstić information content (AvgIpc) is 0.847. The number of Topliss-reactive ketones (excluding diaryl/α,β-unsaturated/α-hetero) is 3. The van der Waals surface area contributed by atoms with Crippen molar-refractivity contribution in [2.45, 2.75) is 315 Å². The number of ketones is 3. The van der Waals surface area contributed by atoms with Crippen molar-refractivity contribution in [2.24, 2.45) is 20.0 Å². The van der Waals surface area contributed by atoms with E-state index in [1.807, 2.05) is 49.3 Å². The number of carbonyl (C=O) groups excluding carboxylic acids is 4. The van der Waals surface area contributed by atoms with Crippen molar-refractivity contribution in [3.63, 3.8) is 0 Å². The number of rotatable bonds is 25. The quantitative estimate of drug-likeness (QED) is 0.0150. The maximum atomic E-state index is 10.6. The molecule has 0 amide bonds. The third kappa shape index (κ3) is 36.5. The van der Waals surface area contributed by atoms with Crippen LogP contribution in [0.3, 0.4) is 0 Å². The number of phenols is 4. The Morgan fingerprint density at radius 1 is 0.467 bits per heavy atom. The number of benzene rings is 4. The Balaban J connectivity index is 0.000000292. The SMILES string of the molecule is CC(=O)CCCC[C@@H]1CCSS1.CC(=O)c1cccnc1.CC(=O)c1cccnc1.CCCCCCCCCCCC(=O)[O-].Cc1cc(C(C)(C)C)c(O)c(C)c1CC1=NCCN1.Cc1cc(C(C)(C)C)c(O)c(C)c1CC1=NCC[NH2+]1.Cc1cc(C(C)(C)C)c(O)c(C)c1CC1=NCC[NH2+]1.Cc1cc(C(C)(C)C)c(O)c(C)c1CC1=NCC[NH2+]1. The fourth-order valence-corrected chi connectivity index (χ4v) is 17.7. The zero-order valence-corrected chi connectivity index (χ0v) is 79.5. The highest BCUT2D eigenvalue weighted by atomic mass is 33.1. The van der Waals surface area contributed by atoms with Gasteiger partial charge in [-0.15, -0.1) is 0 Å². The van der Waals surface area contributed by atoms with Crippen molar-refractivity contribution < 1.29 is 60.7 Å². The Hall–Kier alpha value is -8.08. The first-order chi connectivity index (χ1) is 56.4. The van der Waals surface area contributed by atoms with Crippen LogP contribution in [0.25, 0.3) is 0 Å². The van der Waals surface area contributed by atoms with Gasteiger partial charge in [-0.05, 0) is 243 Å². The Bertz CT molecular complexity index is 3950. The van der Waals surface area contributed by atoms with Crippen LogP contribution >= 0.6 is 21.6 Å². The first-order valence-electron chi connectivity index (χ1n) is 43.8. The van der Waals surface area contributed by atoms with Gasteiger partial charge in [0.15, 0.2) is 29.1 Å². The highest BCUT2D eigenvalue weighted by Gasteiger charge is 2.29. The number of aliphatic carboxylic acids is 1. The molecule has 662 valence electrons. The number of carboxylic acid groups (broad SMARTS) is 1. The van der Waals surface area contributed by atoms with Gasteiger partial charge in [-0.1, -0.05) is 194 Å². The molecule has 19 nitrogen and oxygen atoms in total. The van der Waals surface area contributed by atoms with Gasteiger partial charge < -0.3 is 40.4 Å². The second-order valence-corrected chi connectivity index (χ2v) is 39.4. The van der Waals surface area contributed by atoms with Crippen LogP contribution in [0.4, 0.5) is 0 Å². The number of quaternary nitrogens is 3. The lowest BCUT2D eigenvalue weighted by atomic mass is 9.82. The minimum atomic E-state index is -0.909. The molecule has 0 spiro atoms. The van der Waals surface area contributed by atoms with E-state index in [2.05, 4.69) is 193 Å². The summed E-state index contributed by atoms with van der Waals surface area (Å²) in [5, 5.41) is 62.7. The lowest BCUT2D eigenvalue weighted by molar-refractivity contribution is -0.530. The predicted octanol–water partition coefficient (Wildman–Crippen LogP) is 16.8. The topological polar surface area (TPSA) is 309 Å². The van der Waals surface area contributed by atoms with E-state index in [0.29, 0.717) is 39.9 Å². The van der Waals surface area contributed by atoms with Crippen LogP contribution in [-0.2, 0) is 56.9 Å². The summed E-state index contributed by atoms with van der Waals surface area (Å²) >= 11 is 0. The molecule has 2 aromatic heterocycles. The average molecular weight is 1690 g/mol. The van der Waals surface area contributed by atoms with Gasteiger partial charge in [0.1, 0.15) is 54.3 Å². The normalized spacial score (nSPS) is 14.8. The molecule has 0 aliphatic carbocycles. The minimum absolute atomic E-state index is 0.0326. The molecule has 0 radical (unpaired) electrons. The number of aliphatic imine (C=N–C) groups is 4. The number of aromatic nitrogens is 2. The van der Waals surface area contributed by atoms with Crippen molar-refractivity contribution in [1.82, 2.24) is 15.3 Å². The fourth-order valence-electron chi connectivity index (χ4n) is 14.6. The first kappa shape index (κ1) is 104. The number of carbonyl (C=O) groups is 4. The Morgan fingerprint density at radius 2 is 0.808 bits per heavy atom. The van der Waals surface area contributed by atoms with Gasteiger partial charge in [0, 0.05) is 72.3 Å². The van der Waals surface area contributed by atoms with E-state index in [1.165, 1.54) is 128 Å². The summed E-state index contributed by atoms with van der Waals surface area (Å²) in [6.45, 7) is 56.8. The smallest absolute Gasteiger partial charge is 0.199 e. The number of hydrogen-bond donors (Lipinski definition) is 8. The number of aromatic hydroxyl groups is 4. The second-order valence-electron chi connectivity index (χ2n) is 36.7. The summed E-state index contributed by atoms with van der Waals surface area (Å²) < 4.78 is 0. The molecule has 4 aromatic carbocycles. The van der Waals surface area contributed by atoms with Gasteiger partial charge in [0.25, 0.3) is 0 Å². The number of nitrogens with two attached hydrogens (primary N) is 3. The molecule has 1 fully saturated rings. The summed E-state index contributed by atoms with van der Waals surface area (Å²) in [6.07, 6.45) is 26.7. The zero-order chi connectivity index (χ0) is 89.7. The van der Waals surface area contributed by atoms with E-state index in [0.717, 1.165) is 177 Å². The number of hydrogen-bond acceptors (Lipinski definition) is 18. The molecule has 11 N–H and O–H groups in total. The van der Waals surface area contributed by atoms with Crippen molar-refractivity contribution >= 4 is 68.2 Å². The first-order valence-corrected chi connectivity index (χ1v) is 46.2. The Morgan fingerprint density at radius 3 is 1.07 bits per heavy atom. The van der Waals surface area contributed by atoms with Crippen LogP contribution in [0.15, 0.2) is 93.3 Å². The predicted molar refractivity (Wildman–Crippen MR) is 500 cm³/mol. The highest BCUT2D eigenvalue weighted by molar-refractivity contribution is 8.77. The number of nitrogens with zero attached hydrogens (tertiary/aromatic N) is 6. The summed E-state index contributed by atoms with van der Waals surface area (Å²) in [4.78, 5) is 67.4. The van der Waals surface area contributed by atoms with E-state index in [-0.39, 0.29) is 39.6 Å². The fraction of sp³-hybridized carbons (Fsp3) is 0.576. The molecular weight excluding hydrogens is 1540 g/mol. The number of nitrogens with one attached hydrogen (secondary N) is 1. The van der Waals surface area contributed by atoms with Gasteiger partial charge in [-0.3, -0.25) is 40.5 Å². The molecule has 1 atom stereocenters. The largest absolute Gasteiger partial charge is 0.550 e. The molecule has 0 bridgehead atoms. The van der Waals surface area contributed by atoms with E-state index in [4.69, 9.17) is 0 Å². The van der Waals surface area contributed by atoms with E-state index in [9.17, 15) is 44.7 Å². The number of phenolic OH excluding ortho intramolecular Hbond substituents is 4. The van der Waals surface area contributed by atoms with Crippen LogP contribution in [-0.4, -0.2) is 140 Å². The minimum Gasteiger partial charge on any atom is -0.550 e. The van der Waals surface area contributed by atoms with Gasteiger partial charge in [-0.25, -0.2) is 15.0 Å². The maximum absolute atomic E-state index is 10.6. The molecule has 6 aromatic rings. The van der Waals surface area contributed by atoms with Gasteiger partial charge in [0.05, 0.1) is 45.4 Å². The zero-order valence-electron chi connectivity index (χ0n) is 77.9. The molecule has 0 saturated carbocycles. The summed E-state index contributed by atoms with van der Waals surface area (Å²) in [5.74, 6) is 7.17. The van der Waals surface area contributed by atoms with Crippen LogP contribution in [0, 0.1) is 55.4 Å². The van der Waals surface area contributed by atoms with Crippen molar-refractivity contribution in [2.75, 3.05) is 58.1 Å². The molecule has 5 aliphatic heterocycles. The number of amidine groups is 4. The lowest BCUT2D eigenvalue weighted by Gasteiger charge is -2.24. The summed E-state index contributed by atoms with van der Waals surface area (Å²) in [5.41, 5.74) is 19.2. The van der Waals surface area contributed by atoms with Gasteiger partial charge >= 0.3 is 0 Å². The Labute approximate surface area is 729 Å². The summed E-state index contributed by atoms with van der Waals surface area (Å²) in [6, 6.07) is 15.5. The second kappa shape index (κ2) is 51.8. The third-order valence-corrected chi connectivity index (χ3v) is 25.1. The molecule has 21 heteroatoms. The van der Waals surface area contributed by atoms with E-state index < -0.39 is 5.97 Å². The molecule has 5 aliphatic rings. The standard InChI is InChI=1S/4C16H24N2O.C12H24O2.C9H16OS2.2C7H7NO/c4*1-10-8-13(16(3,4)5)15(19)11(2)12(10)9-14-17-6-7-18-14;1-2-3-4-5-6-7-8-9-10-11-12(13)14;1-8(10)4-2-3-5-9-6-7-11-12-9;2*1-6(9)7-3-2-4-8-5-7/h4*8,19H,6-7,9H2,1-5H3,(H,17,18);2-11H2,1H3,(H,13,14);9H,2-7H2,1H3;2*2-5H,1H3/p+2/t;;;;;9-;;/m.....1../s1. The van der Waals surface area contributed by atoms with Crippen molar-refractivity contribution in [3.05, 3.63) is 173 Å². The van der Waals surface area contributed by atoms with E-state index >= 15 is 0 Å². The number of pyridine rings is 2. The molecule has 11 rings (SSSR count). The molecule has 120 heavy (non-hydrogen) atoms. The number of unbranched alkanes of at least 4 members (excludes halogenated alkanes) is 9. The van der Waals surface area contributed by atoms with Crippen LogP contribution in [0.1, 0.15) is 317 Å². The monoisotopic (exact) mass is 1690 g/mol. The van der Waals surface area contributed by atoms with Crippen LogP contribution in [0.2, 0.25) is 0 Å². The Kier molecular flexibility index (Phi) is 45.0. The maximum Gasteiger partial charge on any atom is 0.199 e. The van der Waals surface area contributed by atoms with E-state index in [1.54, 1.807) is 56.0 Å². The summed E-state index contributed by atoms with van der Waals surface area (Å²) in [7, 11) is 4.03. The lowest BCUT2D eigenvalue weighted by Crippen LogP contribution is -2.86. The van der Waals surface area contributed by atoms with Crippen LogP contribution < -0.4 is 26.4 Å². The number of carboxylic acids is 1. The molecular formula is C99H152N10O9S2+2. The van der Waals surface area contributed by atoms with Crippen LogP contribution in [0.5, 0.6) is 23.0 Å². The number of aryl methyl sites for hydroxylation is 4. The molecule has 1 saturated heterocycles. The van der Waals surface area contributed by atoms with Gasteiger partial charge in [0.2, 0.25) is 0 Å². The highest BCUT2D eigenvalue weighted by Crippen LogP contribution is 2.42. The van der Waals surface area contributed by atoms with Gasteiger partial charge in [-0.2, -0.15) is 0 Å². The third-order valence-electron chi connectivity index (χ3n) is 22.1. The van der Waals surface area contributed by atoms with Crippen molar-refractivity contribution in [3.8, 4) is 23.0 Å². The molecule has 0 unspecified atom stereocenters. The van der Waals surface area contributed by atoms with Crippen molar-refractivity contribution in [1.29, 1.82) is 0 Å².